The lowest BCUT2D eigenvalue weighted by molar-refractivity contribution is -0.117. The van der Waals surface area contributed by atoms with Gasteiger partial charge in [-0.15, -0.1) is 0 Å². The van der Waals surface area contributed by atoms with Crippen LogP contribution in [-0.2, 0) is 4.79 Å². The summed E-state index contributed by atoms with van der Waals surface area (Å²) in [5.41, 5.74) is 5.63. The molecule has 7 heteroatoms. The molecule has 1 aromatic carbocycles. The lowest BCUT2D eigenvalue weighted by Crippen LogP contribution is -2.36. The van der Waals surface area contributed by atoms with Crippen LogP contribution in [0.15, 0.2) is 18.2 Å². The fourth-order valence-electron chi connectivity index (χ4n) is 1.34. The molecule has 0 saturated carbocycles. The number of hydrogen-bond donors (Lipinski definition) is 4. The average molecular weight is 251 g/mol. The molecule has 0 spiro atoms. The Hall–Kier alpha value is -2.57. The van der Waals surface area contributed by atoms with E-state index >= 15 is 0 Å². The van der Waals surface area contributed by atoms with Gasteiger partial charge in [0.15, 0.2) is 0 Å². The first-order valence-electron chi connectivity index (χ1n) is 5.08. The predicted octanol–water partition coefficient (Wildman–Crippen LogP) is 0.300. The minimum atomic E-state index is -1.15. The Labute approximate surface area is 103 Å². The zero-order valence-electron chi connectivity index (χ0n) is 9.69. The number of urea groups is 1. The molecule has 96 valence electrons. The van der Waals surface area contributed by atoms with Crippen LogP contribution >= 0.6 is 0 Å². The number of carbonyl (C=O) groups excluding carboxylic acids is 2. The summed E-state index contributed by atoms with van der Waals surface area (Å²) in [6, 6.07) is 3.92. The molecule has 3 amide bonds. The number of anilines is 1. The van der Waals surface area contributed by atoms with Crippen LogP contribution in [0.5, 0.6) is 0 Å². The van der Waals surface area contributed by atoms with Crippen LogP contribution < -0.4 is 16.4 Å². The largest absolute Gasteiger partial charge is 0.478 e. The summed E-state index contributed by atoms with van der Waals surface area (Å²) in [5.74, 6) is -1.84. The maximum atomic E-state index is 11.4. The Balaban J connectivity index is 2.86. The van der Waals surface area contributed by atoms with E-state index in [9.17, 15) is 14.4 Å². The molecule has 0 heterocycles. The van der Waals surface area contributed by atoms with Gasteiger partial charge in [0.05, 0.1) is 17.8 Å². The highest BCUT2D eigenvalue weighted by Crippen LogP contribution is 2.20. The van der Waals surface area contributed by atoms with Gasteiger partial charge in [-0.05, 0) is 18.6 Å². The molecule has 0 aliphatic rings. The maximum absolute atomic E-state index is 11.4. The lowest BCUT2D eigenvalue weighted by Gasteiger charge is -2.11. The van der Waals surface area contributed by atoms with Crippen LogP contribution in [0.25, 0.3) is 0 Å². The second-order valence-corrected chi connectivity index (χ2v) is 3.58. The fourth-order valence-corrected chi connectivity index (χ4v) is 1.34. The number of carbonyl (C=O) groups is 3. The molecule has 0 aliphatic carbocycles. The zero-order chi connectivity index (χ0) is 13.7. The van der Waals surface area contributed by atoms with Gasteiger partial charge in [0.2, 0.25) is 5.91 Å². The van der Waals surface area contributed by atoms with Gasteiger partial charge < -0.3 is 21.5 Å². The smallest absolute Gasteiger partial charge is 0.337 e. The first kappa shape index (κ1) is 13.5. The summed E-state index contributed by atoms with van der Waals surface area (Å²) in [6.45, 7) is 1.34. The summed E-state index contributed by atoms with van der Waals surface area (Å²) >= 11 is 0. The molecule has 0 saturated heterocycles. The standard InChI is InChI=1S/C11H13N3O4/c1-6-3-2-4-7(10(16)17)9(6)14-11(18)13-5-8(12)15/h2-4H,5H2,1H3,(H2,12,15)(H,16,17)(H2,13,14,18). The second kappa shape index (κ2) is 5.67. The molecule has 0 atom stereocenters. The maximum Gasteiger partial charge on any atom is 0.337 e. The van der Waals surface area contributed by atoms with Crippen molar-refractivity contribution in [1.29, 1.82) is 0 Å². The van der Waals surface area contributed by atoms with Crippen LogP contribution in [0.2, 0.25) is 0 Å². The monoisotopic (exact) mass is 251 g/mol. The molecule has 0 radical (unpaired) electrons. The van der Waals surface area contributed by atoms with Crippen LogP contribution in [0.3, 0.4) is 0 Å². The summed E-state index contributed by atoms with van der Waals surface area (Å²) in [7, 11) is 0. The van der Waals surface area contributed by atoms with Crippen molar-refractivity contribution in [3.05, 3.63) is 29.3 Å². The van der Waals surface area contributed by atoms with Crippen molar-refractivity contribution in [1.82, 2.24) is 5.32 Å². The van der Waals surface area contributed by atoms with E-state index in [2.05, 4.69) is 10.6 Å². The number of nitrogens with one attached hydrogen (secondary N) is 2. The van der Waals surface area contributed by atoms with Gasteiger partial charge in [0.25, 0.3) is 0 Å². The first-order chi connectivity index (χ1) is 8.41. The molecule has 1 rings (SSSR count). The van der Waals surface area contributed by atoms with Gasteiger partial charge >= 0.3 is 12.0 Å². The number of carboxylic acids is 1. The third-order valence-corrected chi connectivity index (χ3v) is 2.16. The minimum Gasteiger partial charge on any atom is -0.478 e. The third kappa shape index (κ3) is 3.48. The molecule has 5 N–H and O–H groups in total. The van der Waals surface area contributed by atoms with Crippen LogP contribution in [0, 0.1) is 6.92 Å². The van der Waals surface area contributed by atoms with Gasteiger partial charge in [-0.25, -0.2) is 9.59 Å². The number of carboxylic acid groups (broad SMARTS) is 1. The quantitative estimate of drug-likeness (QED) is 0.614. The number of rotatable bonds is 4. The molecule has 1 aromatic rings. The van der Waals surface area contributed by atoms with Crippen LogP contribution in [0.4, 0.5) is 10.5 Å². The summed E-state index contributed by atoms with van der Waals surface area (Å²) in [6.07, 6.45) is 0. The number of aromatic carboxylic acids is 1. The summed E-state index contributed by atoms with van der Waals surface area (Å²) in [5, 5.41) is 13.6. The highest BCUT2D eigenvalue weighted by Gasteiger charge is 2.14. The van der Waals surface area contributed by atoms with Gasteiger partial charge in [-0.3, -0.25) is 4.79 Å². The molecule has 0 bridgehead atoms. The Bertz CT molecular complexity index is 499. The van der Waals surface area contributed by atoms with Crippen molar-refractivity contribution in [3.8, 4) is 0 Å². The molecule has 0 fully saturated rings. The van der Waals surface area contributed by atoms with Crippen molar-refractivity contribution >= 4 is 23.6 Å². The van der Waals surface area contributed by atoms with E-state index in [0.717, 1.165) is 0 Å². The molecule has 0 aromatic heterocycles. The Morgan fingerprint density at radius 3 is 2.56 bits per heavy atom. The third-order valence-electron chi connectivity index (χ3n) is 2.16. The van der Waals surface area contributed by atoms with Crippen molar-refractivity contribution in [2.75, 3.05) is 11.9 Å². The zero-order valence-corrected chi connectivity index (χ0v) is 9.69. The minimum absolute atomic E-state index is 0.0239. The Morgan fingerprint density at radius 1 is 1.33 bits per heavy atom. The highest BCUT2D eigenvalue weighted by molar-refractivity contribution is 6.01. The number of primary amides is 1. The Kier molecular flexibility index (Phi) is 4.25. The lowest BCUT2D eigenvalue weighted by atomic mass is 10.1. The number of amides is 3. The van der Waals surface area contributed by atoms with Gasteiger partial charge in [-0.2, -0.15) is 0 Å². The van der Waals surface area contributed by atoms with E-state index in [-0.39, 0.29) is 17.8 Å². The Morgan fingerprint density at radius 2 is 2.00 bits per heavy atom. The number of aryl methyl sites for hydroxylation is 1. The van der Waals surface area contributed by atoms with Crippen molar-refractivity contribution < 1.29 is 19.5 Å². The van der Waals surface area contributed by atoms with E-state index in [1.165, 1.54) is 6.07 Å². The summed E-state index contributed by atoms with van der Waals surface area (Å²) < 4.78 is 0. The van der Waals surface area contributed by atoms with Gasteiger partial charge in [0, 0.05) is 0 Å². The van der Waals surface area contributed by atoms with E-state index in [0.29, 0.717) is 5.56 Å². The molecule has 18 heavy (non-hydrogen) atoms. The highest BCUT2D eigenvalue weighted by atomic mass is 16.4. The second-order valence-electron chi connectivity index (χ2n) is 3.58. The van der Waals surface area contributed by atoms with Gasteiger partial charge in [-0.1, -0.05) is 12.1 Å². The number of para-hydroxylation sites is 1. The fraction of sp³-hybridized carbons (Fsp3) is 0.182. The van der Waals surface area contributed by atoms with Crippen LogP contribution in [0.1, 0.15) is 15.9 Å². The SMILES string of the molecule is Cc1cccc(C(=O)O)c1NC(=O)NCC(N)=O. The van der Waals surface area contributed by atoms with Crippen molar-refractivity contribution in [2.45, 2.75) is 6.92 Å². The van der Waals surface area contributed by atoms with E-state index in [1.807, 2.05) is 0 Å². The van der Waals surface area contributed by atoms with E-state index in [1.54, 1.807) is 19.1 Å². The molecular formula is C11H13N3O4. The first-order valence-corrected chi connectivity index (χ1v) is 5.08. The molecule has 7 nitrogen and oxygen atoms in total. The summed E-state index contributed by atoms with van der Waals surface area (Å²) in [4.78, 5) is 32.9. The normalized spacial score (nSPS) is 9.61. The number of hydrogen-bond acceptors (Lipinski definition) is 3. The number of benzene rings is 1. The van der Waals surface area contributed by atoms with Crippen LogP contribution in [-0.4, -0.2) is 29.6 Å². The predicted molar refractivity (Wildman–Crippen MR) is 64.4 cm³/mol. The molecule has 0 unspecified atom stereocenters. The van der Waals surface area contributed by atoms with Gasteiger partial charge in [0.1, 0.15) is 0 Å². The van der Waals surface area contributed by atoms with Crippen molar-refractivity contribution in [2.24, 2.45) is 5.73 Å². The average Bonchev–Trinajstić information content (AvgIpc) is 2.28. The topological polar surface area (TPSA) is 122 Å². The molecule has 0 aliphatic heterocycles. The van der Waals surface area contributed by atoms with Crippen molar-refractivity contribution in [3.63, 3.8) is 0 Å². The van der Waals surface area contributed by atoms with E-state index in [4.69, 9.17) is 10.8 Å². The number of nitrogens with two attached hydrogens (primary N) is 1. The molecular weight excluding hydrogens is 238 g/mol. The van der Waals surface area contributed by atoms with E-state index < -0.39 is 17.9 Å².